The summed E-state index contributed by atoms with van der Waals surface area (Å²) in [5.41, 5.74) is 1.29. The van der Waals surface area contributed by atoms with Gasteiger partial charge < -0.3 is 10.1 Å². The number of aromatic nitrogens is 1. The van der Waals surface area contributed by atoms with Crippen LogP contribution in [0.15, 0.2) is 23.4 Å². The summed E-state index contributed by atoms with van der Waals surface area (Å²) in [7, 11) is 1.74. The maximum Gasteiger partial charge on any atom is 0.101 e. The highest BCUT2D eigenvalue weighted by molar-refractivity contribution is 7.99. The van der Waals surface area contributed by atoms with E-state index in [9.17, 15) is 0 Å². The summed E-state index contributed by atoms with van der Waals surface area (Å²) in [5, 5.41) is 4.56. The quantitative estimate of drug-likeness (QED) is 0.571. The summed E-state index contributed by atoms with van der Waals surface area (Å²) in [6.45, 7) is 6.10. The molecule has 96 valence electrons. The Morgan fingerprint density at radius 1 is 1.53 bits per heavy atom. The van der Waals surface area contributed by atoms with Crippen LogP contribution in [0.3, 0.4) is 0 Å². The predicted molar refractivity (Wildman–Crippen MR) is 73.5 cm³/mol. The minimum Gasteiger partial charge on any atom is -0.385 e. The summed E-state index contributed by atoms with van der Waals surface area (Å²) in [6.07, 6.45) is 2.92. The maximum atomic E-state index is 5.05. The van der Waals surface area contributed by atoms with E-state index in [1.807, 2.05) is 24.0 Å². The topological polar surface area (TPSA) is 34.2 Å². The number of nitrogens with zero attached hydrogens (tertiary/aromatic N) is 1. The number of pyridine rings is 1. The van der Waals surface area contributed by atoms with Gasteiger partial charge in [0.2, 0.25) is 0 Å². The SMILES string of the molecule is CCNC(C)c1cccnc1SCCCOC. The normalized spacial score (nSPS) is 12.6. The Labute approximate surface area is 108 Å². The zero-order chi connectivity index (χ0) is 12.5. The van der Waals surface area contributed by atoms with Crippen molar-refractivity contribution in [2.24, 2.45) is 0 Å². The number of ether oxygens (including phenoxy) is 1. The molecule has 0 saturated heterocycles. The Bertz CT molecular complexity index is 320. The van der Waals surface area contributed by atoms with Crippen LogP contribution >= 0.6 is 11.8 Å². The molecule has 0 bridgehead atoms. The van der Waals surface area contributed by atoms with Gasteiger partial charge in [0.1, 0.15) is 5.03 Å². The zero-order valence-corrected chi connectivity index (χ0v) is 11.7. The molecule has 0 aromatic carbocycles. The van der Waals surface area contributed by atoms with Crippen molar-refractivity contribution in [1.29, 1.82) is 0 Å². The summed E-state index contributed by atoms with van der Waals surface area (Å²) in [4.78, 5) is 4.46. The molecule has 0 aliphatic heterocycles. The molecule has 1 rings (SSSR count). The smallest absolute Gasteiger partial charge is 0.101 e. The molecule has 0 saturated carbocycles. The lowest BCUT2D eigenvalue weighted by Crippen LogP contribution is -2.18. The van der Waals surface area contributed by atoms with Gasteiger partial charge in [0.05, 0.1) is 0 Å². The van der Waals surface area contributed by atoms with Crippen molar-refractivity contribution in [3.63, 3.8) is 0 Å². The van der Waals surface area contributed by atoms with E-state index in [1.165, 1.54) is 5.56 Å². The highest BCUT2D eigenvalue weighted by Crippen LogP contribution is 2.25. The molecular formula is C13H22N2OS. The fourth-order valence-electron chi connectivity index (χ4n) is 1.64. The largest absolute Gasteiger partial charge is 0.385 e. The fourth-order valence-corrected chi connectivity index (χ4v) is 2.64. The summed E-state index contributed by atoms with van der Waals surface area (Å²) in [6, 6.07) is 4.51. The summed E-state index contributed by atoms with van der Waals surface area (Å²) in [5.74, 6) is 1.05. The maximum absolute atomic E-state index is 5.05. The molecule has 0 aliphatic carbocycles. The van der Waals surface area contributed by atoms with Crippen molar-refractivity contribution < 1.29 is 4.74 Å². The number of methoxy groups -OCH3 is 1. The van der Waals surface area contributed by atoms with Gasteiger partial charge in [-0.15, -0.1) is 11.8 Å². The number of nitrogens with one attached hydrogen (secondary N) is 1. The highest BCUT2D eigenvalue weighted by atomic mass is 32.2. The van der Waals surface area contributed by atoms with Gasteiger partial charge in [-0.2, -0.15) is 0 Å². The van der Waals surface area contributed by atoms with Crippen molar-refractivity contribution in [1.82, 2.24) is 10.3 Å². The van der Waals surface area contributed by atoms with E-state index in [0.29, 0.717) is 6.04 Å². The van der Waals surface area contributed by atoms with Crippen molar-refractivity contribution in [3.05, 3.63) is 23.9 Å². The zero-order valence-electron chi connectivity index (χ0n) is 10.9. The Balaban J connectivity index is 2.57. The number of hydrogen-bond donors (Lipinski definition) is 1. The Morgan fingerprint density at radius 2 is 2.35 bits per heavy atom. The van der Waals surface area contributed by atoms with Gasteiger partial charge >= 0.3 is 0 Å². The van der Waals surface area contributed by atoms with Crippen LogP contribution in [0, 0.1) is 0 Å². The number of hydrogen-bond acceptors (Lipinski definition) is 4. The van der Waals surface area contributed by atoms with Crippen LogP contribution in [0.5, 0.6) is 0 Å². The molecule has 1 heterocycles. The average Bonchev–Trinajstić information content (AvgIpc) is 2.35. The second kappa shape index (κ2) is 8.50. The molecule has 3 nitrogen and oxygen atoms in total. The second-order valence-electron chi connectivity index (χ2n) is 3.87. The van der Waals surface area contributed by atoms with Gasteiger partial charge in [0, 0.05) is 37.3 Å². The first kappa shape index (κ1) is 14.5. The third-order valence-corrected chi connectivity index (χ3v) is 3.62. The lowest BCUT2D eigenvalue weighted by Gasteiger charge is -2.15. The molecule has 0 aliphatic rings. The Kier molecular flexibility index (Phi) is 7.24. The van der Waals surface area contributed by atoms with Crippen LogP contribution in [-0.4, -0.2) is 31.0 Å². The minimum absolute atomic E-state index is 0.360. The molecule has 1 aromatic heterocycles. The van der Waals surface area contributed by atoms with Gasteiger partial charge in [-0.3, -0.25) is 0 Å². The van der Waals surface area contributed by atoms with Gasteiger partial charge in [-0.25, -0.2) is 4.98 Å². The van der Waals surface area contributed by atoms with E-state index in [0.717, 1.165) is 30.4 Å². The molecule has 1 aromatic rings. The van der Waals surface area contributed by atoms with Crippen LogP contribution in [0.2, 0.25) is 0 Å². The van der Waals surface area contributed by atoms with Gasteiger partial charge in [0.25, 0.3) is 0 Å². The molecule has 1 unspecified atom stereocenters. The van der Waals surface area contributed by atoms with Gasteiger partial charge in [-0.1, -0.05) is 13.0 Å². The third-order valence-electron chi connectivity index (χ3n) is 2.51. The van der Waals surface area contributed by atoms with E-state index >= 15 is 0 Å². The van der Waals surface area contributed by atoms with E-state index in [4.69, 9.17) is 4.74 Å². The van der Waals surface area contributed by atoms with Crippen LogP contribution in [-0.2, 0) is 4.74 Å². The lowest BCUT2D eigenvalue weighted by atomic mass is 10.1. The van der Waals surface area contributed by atoms with Crippen LogP contribution in [0.25, 0.3) is 0 Å². The van der Waals surface area contributed by atoms with E-state index in [2.05, 4.69) is 30.2 Å². The van der Waals surface area contributed by atoms with Gasteiger partial charge in [0.15, 0.2) is 0 Å². The van der Waals surface area contributed by atoms with Gasteiger partial charge in [-0.05, 0) is 26.0 Å². The molecule has 0 amide bonds. The van der Waals surface area contributed by atoms with Crippen molar-refractivity contribution in [2.45, 2.75) is 31.3 Å². The molecular weight excluding hydrogens is 232 g/mol. The molecule has 0 fully saturated rings. The lowest BCUT2D eigenvalue weighted by molar-refractivity contribution is 0.200. The molecule has 0 radical (unpaired) electrons. The van der Waals surface area contributed by atoms with Crippen molar-refractivity contribution in [3.8, 4) is 0 Å². The summed E-state index contributed by atoms with van der Waals surface area (Å²) < 4.78 is 5.05. The number of rotatable bonds is 8. The molecule has 1 atom stereocenters. The van der Waals surface area contributed by atoms with Crippen molar-refractivity contribution in [2.75, 3.05) is 26.0 Å². The highest BCUT2D eigenvalue weighted by Gasteiger charge is 2.10. The van der Waals surface area contributed by atoms with Crippen LogP contribution in [0.4, 0.5) is 0 Å². The minimum atomic E-state index is 0.360. The number of thioether (sulfide) groups is 1. The standard InChI is InChI=1S/C13H22N2OS/c1-4-14-11(2)12-7-5-8-15-13(12)17-10-6-9-16-3/h5,7-8,11,14H,4,6,9-10H2,1-3H3. The molecule has 4 heteroatoms. The molecule has 1 N–H and O–H groups in total. The Morgan fingerprint density at radius 3 is 3.06 bits per heavy atom. The first-order valence-corrected chi connectivity index (χ1v) is 7.08. The Hall–Kier alpha value is -0.580. The molecule has 0 spiro atoms. The first-order chi connectivity index (χ1) is 8.29. The summed E-state index contributed by atoms with van der Waals surface area (Å²) >= 11 is 1.81. The van der Waals surface area contributed by atoms with Crippen LogP contribution < -0.4 is 5.32 Å². The monoisotopic (exact) mass is 254 g/mol. The van der Waals surface area contributed by atoms with E-state index < -0.39 is 0 Å². The first-order valence-electron chi connectivity index (χ1n) is 6.09. The third kappa shape index (κ3) is 5.06. The predicted octanol–water partition coefficient (Wildman–Crippen LogP) is 2.88. The van der Waals surface area contributed by atoms with Crippen LogP contribution in [0.1, 0.15) is 31.9 Å². The average molecular weight is 254 g/mol. The van der Waals surface area contributed by atoms with E-state index in [-0.39, 0.29) is 0 Å². The second-order valence-corrected chi connectivity index (χ2v) is 4.96. The van der Waals surface area contributed by atoms with Crippen molar-refractivity contribution >= 4 is 11.8 Å². The van der Waals surface area contributed by atoms with E-state index in [1.54, 1.807) is 7.11 Å². The molecule has 17 heavy (non-hydrogen) atoms. The fraction of sp³-hybridized carbons (Fsp3) is 0.615.